The van der Waals surface area contributed by atoms with Gasteiger partial charge in [0.15, 0.2) is 5.88 Å². The Balaban J connectivity index is 0.00000122. The predicted octanol–water partition coefficient (Wildman–Crippen LogP) is 4.13. The number of rotatable bonds is 7. The van der Waals surface area contributed by atoms with Crippen molar-refractivity contribution in [3.05, 3.63) is 71.1 Å². The Kier molecular flexibility index (Phi) is 8.73. The lowest BCUT2D eigenvalue weighted by molar-refractivity contribution is -0.124. The smallest absolute Gasteiger partial charge is 0.290 e. The highest BCUT2D eigenvalue weighted by atomic mass is 16.5. The van der Waals surface area contributed by atoms with E-state index < -0.39 is 11.6 Å². The topological polar surface area (TPSA) is 128 Å². The van der Waals surface area contributed by atoms with Gasteiger partial charge in [-0.3, -0.25) is 9.59 Å². The highest BCUT2D eigenvalue weighted by molar-refractivity contribution is 5.84. The Morgan fingerprint density at radius 3 is 1.82 bits per heavy atom. The van der Waals surface area contributed by atoms with Crippen LogP contribution in [0.15, 0.2) is 60.0 Å². The number of aromatic hydroxyl groups is 2. The SMILES string of the molecule is CC(NC(=O)C(NC(OC(C)(C)C)=C1CC1)c1ccc(O)cc1)c1ccc(O)cc1.O=CO. The third-order valence-corrected chi connectivity index (χ3v) is 4.75. The zero-order valence-corrected chi connectivity index (χ0v) is 19.3. The average Bonchev–Trinajstić information content (AvgIpc) is 3.57. The zero-order valence-electron chi connectivity index (χ0n) is 19.3. The molecule has 0 spiro atoms. The molecule has 0 saturated heterocycles. The first kappa shape index (κ1) is 25.6. The minimum atomic E-state index is -0.685. The van der Waals surface area contributed by atoms with Crippen molar-refractivity contribution >= 4 is 12.4 Å². The molecule has 0 radical (unpaired) electrons. The van der Waals surface area contributed by atoms with Gasteiger partial charge in [0.25, 0.3) is 6.47 Å². The van der Waals surface area contributed by atoms with Crippen LogP contribution in [0.5, 0.6) is 11.5 Å². The molecule has 5 N–H and O–H groups in total. The molecule has 1 amide bonds. The lowest BCUT2D eigenvalue weighted by atomic mass is 10.0. The van der Waals surface area contributed by atoms with Crippen molar-refractivity contribution in [3.8, 4) is 11.5 Å². The minimum absolute atomic E-state index is 0.141. The summed E-state index contributed by atoms with van der Waals surface area (Å²) in [6.45, 7) is 7.56. The van der Waals surface area contributed by atoms with Gasteiger partial charge in [0.05, 0.1) is 6.04 Å². The molecule has 2 aromatic rings. The Bertz CT molecular complexity index is 956. The number of ether oxygens (including phenoxy) is 1. The van der Waals surface area contributed by atoms with Gasteiger partial charge in [-0.25, -0.2) is 0 Å². The summed E-state index contributed by atoms with van der Waals surface area (Å²) in [7, 11) is 0. The summed E-state index contributed by atoms with van der Waals surface area (Å²) < 4.78 is 6.10. The highest BCUT2D eigenvalue weighted by Gasteiger charge is 2.29. The number of hydrogen-bond donors (Lipinski definition) is 5. The second-order valence-corrected chi connectivity index (χ2v) is 8.74. The molecule has 1 aliphatic carbocycles. The van der Waals surface area contributed by atoms with Gasteiger partial charge in [-0.1, -0.05) is 24.3 Å². The van der Waals surface area contributed by atoms with E-state index in [-0.39, 0.29) is 29.9 Å². The maximum absolute atomic E-state index is 13.3. The van der Waals surface area contributed by atoms with Crippen LogP contribution >= 0.6 is 0 Å². The Morgan fingerprint density at radius 2 is 1.39 bits per heavy atom. The Morgan fingerprint density at radius 1 is 0.939 bits per heavy atom. The van der Waals surface area contributed by atoms with Crippen LogP contribution in [-0.2, 0) is 14.3 Å². The van der Waals surface area contributed by atoms with Crippen LogP contribution in [0.3, 0.4) is 0 Å². The lowest BCUT2D eigenvalue weighted by Crippen LogP contribution is -2.40. The van der Waals surface area contributed by atoms with Crippen LogP contribution in [0.4, 0.5) is 0 Å². The Labute approximate surface area is 193 Å². The number of benzene rings is 2. The standard InChI is InChI=1S/C24H30N2O4.CH2O2/c1-15(16-7-11-19(27)12-8-16)25-22(29)21(17-9-13-20(28)14-10-17)26-23(18-5-6-18)30-24(2,3)4;2-1-3/h7-15,21,26-28H,5-6H2,1-4H3,(H,25,29);1H,(H,2,3). The first-order valence-electron chi connectivity index (χ1n) is 10.7. The maximum Gasteiger partial charge on any atom is 0.290 e. The fraction of sp³-hybridized carbons (Fsp3) is 0.360. The molecule has 0 aromatic heterocycles. The van der Waals surface area contributed by atoms with E-state index in [2.05, 4.69) is 10.6 Å². The average molecular weight is 457 g/mol. The van der Waals surface area contributed by atoms with Gasteiger partial charge < -0.3 is 30.7 Å². The summed E-state index contributed by atoms with van der Waals surface area (Å²) in [5.41, 5.74) is 2.37. The van der Waals surface area contributed by atoms with Crippen molar-refractivity contribution in [2.45, 2.75) is 58.2 Å². The van der Waals surface area contributed by atoms with Crippen LogP contribution in [-0.4, -0.2) is 33.3 Å². The van der Waals surface area contributed by atoms with Gasteiger partial charge in [-0.2, -0.15) is 0 Å². The molecule has 0 bridgehead atoms. The first-order valence-corrected chi connectivity index (χ1v) is 10.7. The normalized spacial score (nSPS) is 14.1. The minimum Gasteiger partial charge on any atom is -0.508 e. The van der Waals surface area contributed by atoms with Crippen LogP contribution in [0, 0.1) is 0 Å². The number of nitrogens with one attached hydrogen (secondary N) is 2. The third-order valence-electron chi connectivity index (χ3n) is 4.75. The van der Waals surface area contributed by atoms with Gasteiger partial charge in [-0.05, 0) is 81.5 Å². The summed E-state index contributed by atoms with van der Waals surface area (Å²) in [6.07, 6.45) is 1.90. The molecule has 8 nitrogen and oxygen atoms in total. The van der Waals surface area contributed by atoms with Crippen molar-refractivity contribution in [2.24, 2.45) is 0 Å². The second kappa shape index (κ2) is 11.3. The fourth-order valence-corrected chi connectivity index (χ4v) is 3.04. The number of allylic oxidation sites excluding steroid dienone is 1. The molecule has 0 heterocycles. The summed E-state index contributed by atoms with van der Waals surface area (Å²) in [5, 5.41) is 32.4. The van der Waals surface area contributed by atoms with Crippen LogP contribution < -0.4 is 10.6 Å². The molecule has 1 saturated carbocycles. The molecule has 1 fully saturated rings. The van der Waals surface area contributed by atoms with E-state index in [4.69, 9.17) is 14.6 Å². The summed E-state index contributed by atoms with van der Waals surface area (Å²) in [5.74, 6) is 0.758. The molecule has 178 valence electrons. The third kappa shape index (κ3) is 8.40. The number of carbonyl (C=O) groups is 2. The van der Waals surface area contributed by atoms with Crippen molar-refractivity contribution < 1.29 is 29.6 Å². The molecule has 1 aliphatic rings. The number of carbonyl (C=O) groups excluding carboxylic acids is 1. The van der Waals surface area contributed by atoms with E-state index in [0.717, 1.165) is 29.5 Å². The van der Waals surface area contributed by atoms with Crippen LogP contribution in [0.2, 0.25) is 0 Å². The first-order chi connectivity index (χ1) is 15.5. The number of carboxylic acid groups (broad SMARTS) is 1. The fourth-order valence-electron chi connectivity index (χ4n) is 3.04. The van der Waals surface area contributed by atoms with Gasteiger partial charge in [0.1, 0.15) is 23.1 Å². The van der Waals surface area contributed by atoms with Gasteiger partial charge in [0.2, 0.25) is 5.91 Å². The number of phenols is 2. The van der Waals surface area contributed by atoms with E-state index in [1.165, 1.54) is 0 Å². The van der Waals surface area contributed by atoms with Crippen molar-refractivity contribution in [1.82, 2.24) is 10.6 Å². The molecule has 3 rings (SSSR count). The summed E-state index contributed by atoms with van der Waals surface area (Å²) in [6, 6.07) is 12.4. The maximum atomic E-state index is 13.3. The quantitative estimate of drug-likeness (QED) is 0.313. The Hall–Kier alpha value is -3.68. The summed E-state index contributed by atoms with van der Waals surface area (Å²) in [4.78, 5) is 21.6. The number of phenolic OH excluding ortho intramolecular Hbond substituents is 2. The van der Waals surface area contributed by atoms with Gasteiger partial charge >= 0.3 is 0 Å². The molecule has 2 aromatic carbocycles. The van der Waals surface area contributed by atoms with Gasteiger partial charge in [0, 0.05) is 0 Å². The molecule has 8 heteroatoms. The number of hydrogen-bond acceptors (Lipinski definition) is 6. The number of amides is 1. The van der Waals surface area contributed by atoms with E-state index >= 15 is 0 Å². The summed E-state index contributed by atoms with van der Waals surface area (Å²) >= 11 is 0. The van der Waals surface area contributed by atoms with Crippen LogP contribution in [0.25, 0.3) is 0 Å². The van der Waals surface area contributed by atoms with Crippen molar-refractivity contribution in [2.75, 3.05) is 0 Å². The zero-order chi connectivity index (χ0) is 24.6. The van der Waals surface area contributed by atoms with E-state index in [1.807, 2.05) is 27.7 Å². The molecule has 0 aliphatic heterocycles. The van der Waals surface area contributed by atoms with E-state index in [9.17, 15) is 15.0 Å². The molecule has 2 atom stereocenters. The molecular formula is C25H32N2O6. The second-order valence-electron chi connectivity index (χ2n) is 8.74. The largest absolute Gasteiger partial charge is 0.508 e. The molecule has 33 heavy (non-hydrogen) atoms. The van der Waals surface area contributed by atoms with Crippen molar-refractivity contribution in [1.29, 1.82) is 0 Å². The van der Waals surface area contributed by atoms with Gasteiger partial charge in [-0.15, -0.1) is 0 Å². The van der Waals surface area contributed by atoms with E-state index in [0.29, 0.717) is 5.88 Å². The van der Waals surface area contributed by atoms with Crippen molar-refractivity contribution in [3.63, 3.8) is 0 Å². The van der Waals surface area contributed by atoms with Crippen LogP contribution in [0.1, 0.15) is 63.7 Å². The lowest BCUT2D eigenvalue weighted by Gasteiger charge is -2.28. The highest BCUT2D eigenvalue weighted by Crippen LogP contribution is 2.34. The molecule has 2 unspecified atom stereocenters. The molecular weight excluding hydrogens is 424 g/mol. The monoisotopic (exact) mass is 456 g/mol. The van der Waals surface area contributed by atoms with E-state index in [1.54, 1.807) is 48.5 Å². The predicted molar refractivity (Wildman–Crippen MR) is 124 cm³/mol.